The van der Waals surface area contributed by atoms with Crippen molar-refractivity contribution in [1.29, 1.82) is 0 Å². The number of nitrogens with zero attached hydrogens (tertiary/aromatic N) is 2. The number of hydrogen-bond donors (Lipinski definition) is 1. The van der Waals surface area contributed by atoms with Gasteiger partial charge in [0.25, 0.3) is 5.56 Å². The molecule has 1 N–H and O–H groups in total. The molecule has 0 radical (unpaired) electrons. The summed E-state index contributed by atoms with van der Waals surface area (Å²) in [6, 6.07) is 20.0. The average Bonchev–Trinajstić information content (AvgIpc) is 2.94. The Kier molecular flexibility index (Phi) is 3.31. The van der Waals surface area contributed by atoms with Gasteiger partial charge in [-0.3, -0.25) is 4.79 Å². The lowest BCUT2D eigenvalue weighted by atomic mass is 10.0. The van der Waals surface area contributed by atoms with Gasteiger partial charge in [0.1, 0.15) is 0 Å². The Balaban J connectivity index is 1.85. The van der Waals surface area contributed by atoms with Gasteiger partial charge < -0.3 is 4.57 Å². The first-order valence-electron chi connectivity index (χ1n) is 7.88. The summed E-state index contributed by atoms with van der Waals surface area (Å²) in [7, 11) is 0. The van der Waals surface area contributed by atoms with Crippen LogP contribution in [0, 0.1) is 13.8 Å². The van der Waals surface area contributed by atoms with Crippen molar-refractivity contribution in [2.75, 3.05) is 0 Å². The van der Waals surface area contributed by atoms with Crippen molar-refractivity contribution in [3.8, 4) is 16.9 Å². The van der Waals surface area contributed by atoms with E-state index in [9.17, 15) is 4.79 Å². The molecule has 0 atom stereocenters. The van der Waals surface area contributed by atoms with Crippen LogP contribution in [0.1, 0.15) is 11.4 Å². The number of hydrogen-bond acceptors (Lipinski definition) is 2. The highest BCUT2D eigenvalue weighted by atomic mass is 16.1. The van der Waals surface area contributed by atoms with Gasteiger partial charge in [-0.2, -0.15) is 5.10 Å². The summed E-state index contributed by atoms with van der Waals surface area (Å²) in [5.74, 6) is 0. The monoisotopic (exact) mass is 315 g/mol. The molecule has 0 unspecified atom stereocenters. The van der Waals surface area contributed by atoms with Crippen LogP contribution in [0.4, 0.5) is 0 Å². The maximum Gasteiger partial charge on any atom is 0.272 e. The number of aromatic amines is 1. The molecule has 0 bridgehead atoms. The van der Waals surface area contributed by atoms with Gasteiger partial charge in [-0.05, 0) is 44.2 Å². The van der Waals surface area contributed by atoms with Gasteiger partial charge in [0.2, 0.25) is 0 Å². The molecule has 4 rings (SSSR count). The highest BCUT2D eigenvalue weighted by Gasteiger charge is 2.09. The third-order valence-electron chi connectivity index (χ3n) is 4.37. The Hall–Kier alpha value is -3.14. The van der Waals surface area contributed by atoms with E-state index in [4.69, 9.17) is 0 Å². The lowest BCUT2D eigenvalue weighted by Gasteiger charge is -2.11. The van der Waals surface area contributed by atoms with Crippen molar-refractivity contribution >= 4 is 10.8 Å². The molecule has 4 aromatic rings. The molecular weight excluding hydrogens is 298 g/mol. The fourth-order valence-electron chi connectivity index (χ4n) is 3.18. The van der Waals surface area contributed by atoms with Crippen molar-refractivity contribution in [3.05, 3.63) is 82.4 Å². The van der Waals surface area contributed by atoms with E-state index >= 15 is 0 Å². The molecule has 0 spiro atoms. The van der Waals surface area contributed by atoms with Crippen LogP contribution >= 0.6 is 0 Å². The molecule has 0 saturated carbocycles. The lowest BCUT2D eigenvalue weighted by Crippen LogP contribution is -2.09. The highest BCUT2D eigenvalue weighted by molar-refractivity contribution is 5.93. The third kappa shape index (κ3) is 2.24. The molecular formula is C20H17N3O. The van der Waals surface area contributed by atoms with Crippen LogP contribution in [0.15, 0.2) is 65.5 Å². The summed E-state index contributed by atoms with van der Waals surface area (Å²) in [6.07, 6.45) is 0. The maximum atomic E-state index is 11.9. The zero-order valence-electron chi connectivity index (χ0n) is 13.6. The Bertz CT molecular complexity index is 1070. The molecule has 0 amide bonds. The van der Waals surface area contributed by atoms with Gasteiger partial charge >= 0.3 is 0 Å². The van der Waals surface area contributed by atoms with Crippen LogP contribution in [0.3, 0.4) is 0 Å². The summed E-state index contributed by atoms with van der Waals surface area (Å²) >= 11 is 0. The second-order valence-corrected chi connectivity index (χ2v) is 5.95. The number of rotatable bonds is 2. The molecule has 2 aromatic carbocycles. The van der Waals surface area contributed by atoms with Crippen molar-refractivity contribution in [2.45, 2.75) is 13.8 Å². The minimum atomic E-state index is -0.162. The quantitative estimate of drug-likeness (QED) is 0.608. The van der Waals surface area contributed by atoms with Crippen molar-refractivity contribution in [1.82, 2.24) is 14.8 Å². The summed E-state index contributed by atoms with van der Waals surface area (Å²) in [5, 5.41) is 8.37. The first kappa shape index (κ1) is 14.5. The van der Waals surface area contributed by atoms with E-state index < -0.39 is 0 Å². The Morgan fingerprint density at radius 2 is 1.46 bits per heavy atom. The number of benzene rings is 2. The topological polar surface area (TPSA) is 50.7 Å². The number of fused-ring (bicyclic) bond motifs is 1. The number of nitrogens with one attached hydrogen (secondary N) is 1. The van der Waals surface area contributed by atoms with Crippen LogP contribution in [0.2, 0.25) is 0 Å². The number of H-pyrrole nitrogens is 1. The van der Waals surface area contributed by atoms with Crippen LogP contribution < -0.4 is 5.56 Å². The SMILES string of the molecule is Cc1ccc(C)n1-c1ccc(-c2n[nH]c(=O)c3ccccc23)cc1. The Labute approximate surface area is 139 Å². The number of aryl methyl sites for hydroxylation is 2. The molecule has 0 saturated heterocycles. The summed E-state index contributed by atoms with van der Waals surface area (Å²) in [5.41, 5.74) is 5.13. The Morgan fingerprint density at radius 1 is 0.833 bits per heavy atom. The number of aromatic nitrogens is 3. The fraction of sp³-hybridized carbons (Fsp3) is 0.100. The van der Waals surface area contributed by atoms with Gasteiger partial charge in [-0.15, -0.1) is 0 Å². The molecule has 4 heteroatoms. The van der Waals surface area contributed by atoms with E-state index in [0.717, 1.165) is 22.3 Å². The normalized spacial score (nSPS) is 11.1. The molecule has 118 valence electrons. The van der Waals surface area contributed by atoms with E-state index in [1.54, 1.807) is 0 Å². The van der Waals surface area contributed by atoms with Gasteiger partial charge in [0, 0.05) is 28.0 Å². The minimum absolute atomic E-state index is 0.162. The molecule has 0 aliphatic heterocycles. The zero-order chi connectivity index (χ0) is 16.7. The zero-order valence-corrected chi connectivity index (χ0v) is 13.6. The summed E-state index contributed by atoms with van der Waals surface area (Å²) in [4.78, 5) is 11.9. The minimum Gasteiger partial charge on any atom is -0.319 e. The second-order valence-electron chi connectivity index (χ2n) is 5.95. The van der Waals surface area contributed by atoms with Crippen molar-refractivity contribution in [2.24, 2.45) is 0 Å². The Morgan fingerprint density at radius 3 is 2.12 bits per heavy atom. The maximum absolute atomic E-state index is 11.9. The standard InChI is InChI=1S/C20H17N3O/c1-13-7-8-14(2)23(13)16-11-9-15(10-12-16)19-17-5-3-4-6-18(17)20(24)22-21-19/h3-12H,1-2H3,(H,22,24). The molecule has 2 heterocycles. The van der Waals surface area contributed by atoms with E-state index in [2.05, 4.69) is 52.9 Å². The van der Waals surface area contributed by atoms with Gasteiger partial charge in [-0.1, -0.05) is 30.3 Å². The average molecular weight is 315 g/mol. The molecule has 0 aliphatic rings. The predicted octanol–water partition coefficient (Wildman–Crippen LogP) is 4.00. The molecule has 4 nitrogen and oxygen atoms in total. The van der Waals surface area contributed by atoms with Gasteiger partial charge in [-0.25, -0.2) is 5.10 Å². The third-order valence-corrected chi connectivity index (χ3v) is 4.37. The predicted molar refractivity (Wildman–Crippen MR) is 96.6 cm³/mol. The first-order chi connectivity index (χ1) is 11.6. The highest BCUT2D eigenvalue weighted by Crippen LogP contribution is 2.26. The molecule has 2 aromatic heterocycles. The van der Waals surface area contributed by atoms with E-state index in [0.29, 0.717) is 5.39 Å². The lowest BCUT2D eigenvalue weighted by molar-refractivity contribution is 0.965. The van der Waals surface area contributed by atoms with E-state index in [1.807, 2.05) is 36.4 Å². The summed E-state index contributed by atoms with van der Waals surface area (Å²) < 4.78 is 2.21. The molecule has 0 fully saturated rings. The van der Waals surface area contributed by atoms with Crippen LogP contribution in [-0.4, -0.2) is 14.8 Å². The van der Waals surface area contributed by atoms with E-state index in [-0.39, 0.29) is 5.56 Å². The van der Waals surface area contributed by atoms with Crippen LogP contribution in [0.5, 0.6) is 0 Å². The van der Waals surface area contributed by atoms with Crippen LogP contribution in [0.25, 0.3) is 27.7 Å². The van der Waals surface area contributed by atoms with E-state index in [1.165, 1.54) is 11.4 Å². The molecule has 24 heavy (non-hydrogen) atoms. The van der Waals surface area contributed by atoms with Crippen molar-refractivity contribution < 1.29 is 0 Å². The largest absolute Gasteiger partial charge is 0.319 e. The van der Waals surface area contributed by atoms with Gasteiger partial charge in [0.05, 0.1) is 11.1 Å². The smallest absolute Gasteiger partial charge is 0.272 e. The first-order valence-corrected chi connectivity index (χ1v) is 7.88. The van der Waals surface area contributed by atoms with Gasteiger partial charge in [0.15, 0.2) is 0 Å². The van der Waals surface area contributed by atoms with Crippen molar-refractivity contribution in [3.63, 3.8) is 0 Å². The summed E-state index contributed by atoms with van der Waals surface area (Å²) in [6.45, 7) is 4.19. The molecule has 0 aliphatic carbocycles. The van der Waals surface area contributed by atoms with Crippen LogP contribution in [-0.2, 0) is 0 Å². The fourth-order valence-corrected chi connectivity index (χ4v) is 3.18. The second kappa shape index (κ2) is 5.49.